The van der Waals surface area contributed by atoms with Crippen LogP contribution in [0.5, 0.6) is 0 Å². The van der Waals surface area contributed by atoms with Crippen molar-refractivity contribution >= 4 is 40.2 Å². The number of aryl methyl sites for hydroxylation is 1. The van der Waals surface area contributed by atoms with Crippen LogP contribution in [0, 0.1) is 6.92 Å². The Morgan fingerprint density at radius 2 is 2.00 bits per heavy atom. The van der Waals surface area contributed by atoms with Gasteiger partial charge in [-0.25, -0.2) is 0 Å². The molecule has 0 bridgehead atoms. The monoisotopic (exact) mass is 294 g/mol. The van der Waals surface area contributed by atoms with E-state index >= 15 is 0 Å². The lowest BCUT2D eigenvalue weighted by Gasteiger charge is -2.19. The average molecular weight is 295 g/mol. The van der Waals surface area contributed by atoms with E-state index in [1.54, 1.807) is 0 Å². The molecule has 0 aliphatic heterocycles. The number of carbonyl (C=O) groups excluding carboxylic acids is 1. The van der Waals surface area contributed by atoms with Gasteiger partial charge in [0.15, 0.2) is 0 Å². The Morgan fingerprint density at radius 1 is 1.26 bits per heavy atom. The third-order valence-electron chi connectivity index (χ3n) is 2.65. The van der Waals surface area contributed by atoms with Gasteiger partial charge in [0.2, 0.25) is 0 Å². The molecule has 1 aromatic carbocycles. The van der Waals surface area contributed by atoms with Crippen molar-refractivity contribution in [3.8, 4) is 0 Å². The molecule has 1 aromatic heterocycles. The van der Waals surface area contributed by atoms with Gasteiger partial charge in [0.25, 0.3) is 5.91 Å². The molecule has 2 rings (SSSR count). The number of thiophene rings is 1. The van der Waals surface area contributed by atoms with Gasteiger partial charge < -0.3 is 10.2 Å². The first-order chi connectivity index (χ1) is 8.99. The zero-order chi connectivity index (χ0) is 14.0. The second-order valence-corrected chi connectivity index (χ2v) is 6.09. The van der Waals surface area contributed by atoms with Crippen LogP contribution in [0.1, 0.15) is 14.5 Å². The van der Waals surface area contributed by atoms with E-state index in [0.717, 1.165) is 10.6 Å². The molecule has 0 saturated heterocycles. The summed E-state index contributed by atoms with van der Waals surface area (Å²) >= 11 is 7.64. The van der Waals surface area contributed by atoms with Gasteiger partial charge in [-0.3, -0.25) is 4.79 Å². The Kier molecular flexibility index (Phi) is 4.12. The van der Waals surface area contributed by atoms with E-state index in [-0.39, 0.29) is 5.91 Å². The van der Waals surface area contributed by atoms with E-state index in [4.69, 9.17) is 11.6 Å². The number of anilines is 2. The first kappa shape index (κ1) is 13.9. The van der Waals surface area contributed by atoms with Crippen LogP contribution in [0.25, 0.3) is 0 Å². The van der Waals surface area contributed by atoms with Crippen LogP contribution in [-0.4, -0.2) is 20.0 Å². The van der Waals surface area contributed by atoms with Gasteiger partial charge in [-0.05, 0) is 31.2 Å². The van der Waals surface area contributed by atoms with Gasteiger partial charge in [0, 0.05) is 19.0 Å². The summed E-state index contributed by atoms with van der Waals surface area (Å²) in [5, 5.41) is 3.52. The third kappa shape index (κ3) is 3.08. The number of halogens is 1. The molecular weight excluding hydrogens is 280 g/mol. The van der Waals surface area contributed by atoms with Gasteiger partial charge in [-0.2, -0.15) is 0 Å². The summed E-state index contributed by atoms with van der Waals surface area (Å²) in [6.07, 6.45) is 0. The molecular formula is C14H15ClN2OS. The van der Waals surface area contributed by atoms with Crippen molar-refractivity contribution in [2.45, 2.75) is 6.92 Å². The lowest BCUT2D eigenvalue weighted by Crippen LogP contribution is -2.16. The highest BCUT2D eigenvalue weighted by atomic mass is 35.5. The van der Waals surface area contributed by atoms with Crippen LogP contribution in [0.15, 0.2) is 30.3 Å². The van der Waals surface area contributed by atoms with Gasteiger partial charge in [-0.1, -0.05) is 17.7 Å². The molecule has 1 amide bonds. The van der Waals surface area contributed by atoms with Gasteiger partial charge >= 0.3 is 0 Å². The fourth-order valence-electron chi connectivity index (χ4n) is 1.81. The predicted molar refractivity (Wildman–Crippen MR) is 82.8 cm³/mol. The molecule has 0 radical (unpaired) electrons. The quantitative estimate of drug-likeness (QED) is 0.927. The maximum atomic E-state index is 12.2. The molecule has 1 N–H and O–H groups in total. The minimum atomic E-state index is -0.108. The second kappa shape index (κ2) is 5.63. The van der Waals surface area contributed by atoms with Crippen LogP contribution >= 0.6 is 22.9 Å². The molecule has 0 atom stereocenters. The highest BCUT2D eigenvalue weighted by molar-refractivity contribution is 7.14. The lowest BCUT2D eigenvalue weighted by molar-refractivity contribution is 0.103. The molecule has 1 heterocycles. The summed E-state index contributed by atoms with van der Waals surface area (Å²) < 4.78 is 0. The normalized spacial score (nSPS) is 10.3. The molecule has 0 spiro atoms. The molecule has 0 fully saturated rings. The van der Waals surface area contributed by atoms with Crippen LogP contribution in [0.2, 0.25) is 5.02 Å². The summed E-state index contributed by atoms with van der Waals surface area (Å²) in [7, 11) is 3.79. The van der Waals surface area contributed by atoms with E-state index in [9.17, 15) is 4.79 Å². The maximum absolute atomic E-state index is 12.2. The molecule has 100 valence electrons. The molecule has 2 aromatic rings. The van der Waals surface area contributed by atoms with E-state index in [0.29, 0.717) is 15.6 Å². The Morgan fingerprint density at radius 3 is 2.58 bits per heavy atom. The number of amides is 1. The number of nitrogens with zero attached hydrogens (tertiary/aromatic N) is 1. The predicted octanol–water partition coefficient (Wildman–Crippen LogP) is 4.03. The number of para-hydroxylation sites is 1. The molecule has 0 aliphatic carbocycles. The number of hydrogen-bond donors (Lipinski definition) is 1. The Hall–Kier alpha value is -1.52. The summed E-state index contributed by atoms with van der Waals surface area (Å²) in [6, 6.07) is 9.24. The molecule has 5 heteroatoms. The van der Waals surface area contributed by atoms with Crippen molar-refractivity contribution in [2.75, 3.05) is 24.3 Å². The summed E-state index contributed by atoms with van der Waals surface area (Å²) in [4.78, 5) is 15.8. The molecule has 0 saturated carbocycles. The van der Waals surface area contributed by atoms with Crippen molar-refractivity contribution in [1.82, 2.24) is 0 Å². The maximum Gasteiger partial charge on any atom is 0.265 e. The first-order valence-corrected chi connectivity index (χ1v) is 7.02. The fraction of sp³-hybridized carbons (Fsp3) is 0.214. The van der Waals surface area contributed by atoms with Crippen LogP contribution < -0.4 is 10.2 Å². The number of hydrogen-bond acceptors (Lipinski definition) is 3. The first-order valence-electron chi connectivity index (χ1n) is 5.82. The highest BCUT2D eigenvalue weighted by Crippen LogP contribution is 2.33. The van der Waals surface area contributed by atoms with E-state index in [1.807, 2.05) is 56.3 Å². The Labute approximate surface area is 121 Å². The van der Waals surface area contributed by atoms with Gasteiger partial charge in [-0.15, -0.1) is 11.3 Å². The molecule has 0 aliphatic rings. The molecule has 0 unspecified atom stereocenters. The third-order valence-corrected chi connectivity index (χ3v) is 3.95. The van der Waals surface area contributed by atoms with Crippen LogP contribution in [-0.2, 0) is 0 Å². The Balaban J connectivity index is 2.29. The molecule has 19 heavy (non-hydrogen) atoms. The standard InChI is InChI=1S/C14H15ClN2OS/c1-9-7-8-12(19-9)14(18)16-11-6-4-5-10(15)13(11)17(2)3/h4-8H,1-3H3,(H,16,18). The topological polar surface area (TPSA) is 32.3 Å². The molecule has 3 nitrogen and oxygen atoms in total. The van der Waals surface area contributed by atoms with Crippen molar-refractivity contribution in [3.05, 3.63) is 45.1 Å². The lowest BCUT2D eigenvalue weighted by atomic mass is 10.2. The van der Waals surface area contributed by atoms with E-state index in [2.05, 4.69) is 5.32 Å². The average Bonchev–Trinajstić information content (AvgIpc) is 2.75. The largest absolute Gasteiger partial charge is 0.375 e. The van der Waals surface area contributed by atoms with Crippen LogP contribution in [0.3, 0.4) is 0 Å². The summed E-state index contributed by atoms with van der Waals surface area (Å²) in [5.41, 5.74) is 1.53. The van der Waals surface area contributed by atoms with Crippen molar-refractivity contribution in [3.63, 3.8) is 0 Å². The van der Waals surface area contributed by atoms with Crippen molar-refractivity contribution < 1.29 is 4.79 Å². The van der Waals surface area contributed by atoms with E-state index < -0.39 is 0 Å². The summed E-state index contributed by atoms with van der Waals surface area (Å²) in [6.45, 7) is 1.98. The fourth-order valence-corrected chi connectivity index (χ4v) is 2.92. The van der Waals surface area contributed by atoms with Gasteiger partial charge in [0.05, 0.1) is 21.3 Å². The highest BCUT2D eigenvalue weighted by Gasteiger charge is 2.13. The second-order valence-electron chi connectivity index (χ2n) is 4.39. The number of rotatable bonds is 3. The number of benzene rings is 1. The minimum Gasteiger partial charge on any atom is -0.375 e. The minimum absolute atomic E-state index is 0.108. The SMILES string of the molecule is Cc1ccc(C(=O)Nc2cccc(Cl)c2N(C)C)s1. The van der Waals surface area contributed by atoms with E-state index in [1.165, 1.54) is 11.3 Å². The van der Waals surface area contributed by atoms with Crippen LogP contribution in [0.4, 0.5) is 11.4 Å². The zero-order valence-corrected chi connectivity index (χ0v) is 12.6. The Bertz CT molecular complexity index is 607. The zero-order valence-electron chi connectivity index (χ0n) is 11.0. The van der Waals surface area contributed by atoms with Crippen molar-refractivity contribution in [2.24, 2.45) is 0 Å². The van der Waals surface area contributed by atoms with Crippen molar-refractivity contribution in [1.29, 1.82) is 0 Å². The summed E-state index contributed by atoms with van der Waals surface area (Å²) in [5.74, 6) is -0.108. The van der Waals surface area contributed by atoms with Gasteiger partial charge in [0.1, 0.15) is 0 Å². The number of carbonyl (C=O) groups is 1. The number of nitrogens with one attached hydrogen (secondary N) is 1. The smallest absolute Gasteiger partial charge is 0.265 e.